The zero-order valence-electron chi connectivity index (χ0n) is 10.3. The van der Waals surface area contributed by atoms with Crippen molar-refractivity contribution < 1.29 is 9.53 Å². The molecule has 0 unspecified atom stereocenters. The van der Waals surface area contributed by atoms with Crippen LogP contribution in [0.25, 0.3) is 11.4 Å². The molecule has 0 spiro atoms. The normalized spacial score (nSPS) is 10.0. The first-order valence-corrected chi connectivity index (χ1v) is 5.67. The van der Waals surface area contributed by atoms with Crippen LogP contribution >= 0.6 is 0 Å². The van der Waals surface area contributed by atoms with Crippen molar-refractivity contribution in [3.05, 3.63) is 36.3 Å². The van der Waals surface area contributed by atoms with E-state index in [0.29, 0.717) is 23.9 Å². The standard InChI is InChI=1S/C12H13N5O2/c1-2-19-10-4-3-8(7-15-10)11-14-6-5-9(16-11)12(18)17-13/h3-7H,2,13H2,1H3,(H,17,18). The fraction of sp³-hybridized carbons (Fsp3) is 0.167. The van der Waals surface area contributed by atoms with Crippen molar-refractivity contribution in [2.45, 2.75) is 6.92 Å². The van der Waals surface area contributed by atoms with Crippen molar-refractivity contribution in [1.82, 2.24) is 20.4 Å². The number of amides is 1. The van der Waals surface area contributed by atoms with E-state index in [4.69, 9.17) is 10.6 Å². The number of nitrogens with two attached hydrogens (primary N) is 1. The van der Waals surface area contributed by atoms with E-state index in [1.54, 1.807) is 18.3 Å². The fourth-order valence-corrected chi connectivity index (χ4v) is 1.44. The number of hydrogen-bond donors (Lipinski definition) is 2. The number of nitrogens with one attached hydrogen (secondary N) is 1. The van der Waals surface area contributed by atoms with Gasteiger partial charge in [-0.1, -0.05) is 0 Å². The summed E-state index contributed by atoms with van der Waals surface area (Å²) in [5.41, 5.74) is 2.91. The van der Waals surface area contributed by atoms with Crippen LogP contribution in [-0.4, -0.2) is 27.5 Å². The third kappa shape index (κ3) is 3.02. The molecule has 0 aliphatic rings. The van der Waals surface area contributed by atoms with Crippen molar-refractivity contribution >= 4 is 5.91 Å². The van der Waals surface area contributed by atoms with Gasteiger partial charge >= 0.3 is 0 Å². The van der Waals surface area contributed by atoms with Crippen molar-refractivity contribution in [2.24, 2.45) is 5.84 Å². The maximum Gasteiger partial charge on any atom is 0.283 e. The molecule has 0 fully saturated rings. The van der Waals surface area contributed by atoms with Gasteiger partial charge in [0.2, 0.25) is 5.88 Å². The van der Waals surface area contributed by atoms with Gasteiger partial charge in [-0.25, -0.2) is 20.8 Å². The molecule has 19 heavy (non-hydrogen) atoms. The third-order valence-corrected chi connectivity index (χ3v) is 2.31. The van der Waals surface area contributed by atoms with Crippen molar-refractivity contribution in [2.75, 3.05) is 6.61 Å². The number of hydrazine groups is 1. The lowest BCUT2D eigenvalue weighted by Crippen LogP contribution is -2.30. The molecule has 2 rings (SSSR count). The molecule has 2 heterocycles. The van der Waals surface area contributed by atoms with Crippen LogP contribution in [0.2, 0.25) is 0 Å². The molecule has 0 aromatic carbocycles. The van der Waals surface area contributed by atoms with Crippen molar-refractivity contribution in [3.63, 3.8) is 0 Å². The average molecular weight is 259 g/mol. The van der Waals surface area contributed by atoms with Crippen LogP contribution in [0.1, 0.15) is 17.4 Å². The molecule has 0 bridgehead atoms. The predicted molar refractivity (Wildman–Crippen MR) is 68.1 cm³/mol. The van der Waals surface area contributed by atoms with E-state index in [1.807, 2.05) is 12.3 Å². The summed E-state index contributed by atoms with van der Waals surface area (Å²) < 4.78 is 5.24. The van der Waals surface area contributed by atoms with Gasteiger partial charge in [0.25, 0.3) is 5.91 Å². The quantitative estimate of drug-likeness (QED) is 0.472. The largest absolute Gasteiger partial charge is 0.478 e. The van der Waals surface area contributed by atoms with Crippen molar-refractivity contribution in [3.8, 4) is 17.3 Å². The van der Waals surface area contributed by atoms with Gasteiger partial charge in [-0.15, -0.1) is 0 Å². The Morgan fingerprint density at radius 2 is 2.21 bits per heavy atom. The topological polar surface area (TPSA) is 103 Å². The highest BCUT2D eigenvalue weighted by Gasteiger charge is 2.08. The Hall–Kier alpha value is -2.54. The number of nitrogen functional groups attached to an aromatic ring is 1. The molecule has 1 amide bonds. The van der Waals surface area contributed by atoms with Gasteiger partial charge in [-0.3, -0.25) is 10.2 Å². The van der Waals surface area contributed by atoms with Gasteiger partial charge in [-0.2, -0.15) is 0 Å². The van der Waals surface area contributed by atoms with Crippen LogP contribution < -0.4 is 16.0 Å². The number of rotatable bonds is 4. The highest BCUT2D eigenvalue weighted by atomic mass is 16.5. The minimum Gasteiger partial charge on any atom is -0.478 e. The Morgan fingerprint density at radius 1 is 1.37 bits per heavy atom. The number of aromatic nitrogens is 3. The second-order valence-electron chi connectivity index (χ2n) is 3.56. The maximum absolute atomic E-state index is 11.4. The van der Waals surface area contributed by atoms with E-state index in [-0.39, 0.29) is 5.69 Å². The van der Waals surface area contributed by atoms with E-state index < -0.39 is 5.91 Å². The Kier molecular flexibility index (Phi) is 3.99. The van der Waals surface area contributed by atoms with Crippen LogP contribution in [0.5, 0.6) is 5.88 Å². The smallest absolute Gasteiger partial charge is 0.283 e. The highest BCUT2D eigenvalue weighted by Crippen LogP contribution is 2.16. The SMILES string of the molecule is CCOc1ccc(-c2nccc(C(=O)NN)n2)cn1. The summed E-state index contributed by atoms with van der Waals surface area (Å²) in [6.07, 6.45) is 3.08. The molecule has 0 saturated carbocycles. The molecule has 0 saturated heterocycles. The van der Waals surface area contributed by atoms with Gasteiger partial charge in [0.1, 0.15) is 5.69 Å². The van der Waals surface area contributed by atoms with E-state index >= 15 is 0 Å². The number of carbonyl (C=O) groups excluding carboxylic acids is 1. The van der Waals surface area contributed by atoms with Gasteiger partial charge in [0.05, 0.1) is 6.61 Å². The molecule has 2 aromatic rings. The van der Waals surface area contributed by atoms with Crippen LogP contribution in [0.4, 0.5) is 0 Å². The fourth-order valence-electron chi connectivity index (χ4n) is 1.44. The Morgan fingerprint density at radius 3 is 2.84 bits per heavy atom. The maximum atomic E-state index is 11.4. The monoisotopic (exact) mass is 259 g/mol. The van der Waals surface area contributed by atoms with E-state index in [1.165, 1.54) is 12.3 Å². The highest BCUT2D eigenvalue weighted by molar-refractivity contribution is 5.92. The summed E-state index contributed by atoms with van der Waals surface area (Å²) in [7, 11) is 0. The predicted octanol–water partition coefficient (Wildman–Crippen LogP) is 0.541. The average Bonchev–Trinajstić information content (AvgIpc) is 2.48. The molecule has 0 radical (unpaired) electrons. The first-order chi connectivity index (χ1) is 9.24. The second kappa shape index (κ2) is 5.87. The number of pyridine rings is 1. The van der Waals surface area contributed by atoms with Crippen molar-refractivity contribution in [1.29, 1.82) is 0 Å². The molecular weight excluding hydrogens is 246 g/mol. The summed E-state index contributed by atoms with van der Waals surface area (Å²) in [6.45, 7) is 2.43. The van der Waals surface area contributed by atoms with Crippen LogP contribution in [0, 0.1) is 0 Å². The van der Waals surface area contributed by atoms with Gasteiger partial charge in [-0.05, 0) is 19.1 Å². The van der Waals surface area contributed by atoms with E-state index in [2.05, 4.69) is 15.0 Å². The zero-order valence-corrected chi connectivity index (χ0v) is 10.3. The van der Waals surface area contributed by atoms with Crippen LogP contribution in [0.3, 0.4) is 0 Å². The lowest BCUT2D eigenvalue weighted by Gasteiger charge is -2.04. The van der Waals surface area contributed by atoms with E-state index in [0.717, 1.165) is 0 Å². The van der Waals surface area contributed by atoms with Crippen LogP contribution in [-0.2, 0) is 0 Å². The summed E-state index contributed by atoms with van der Waals surface area (Å²) >= 11 is 0. The molecule has 0 aliphatic carbocycles. The molecule has 7 nitrogen and oxygen atoms in total. The zero-order chi connectivity index (χ0) is 13.7. The van der Waals surface area contributed by atoms with Gasteiger partial charge in [0.15, 0.2) is 5.82 Å². The number of ether oxygens (including phenoxy) is 1. The summed E-state index contributed by atoms with van der Waals surface area (Å²) in [5, 5.41) is 0. The van der Waals surface area contributed by atoms with Gasteiger partial charge in [0, 0.05) is 24.0 Å². The molecule has 3 N–H and O–H groups in total. The first-order valence-electron chi connectivity index (χ1n) is 5.67. The Balaban J connectivity index is 2.28. The Bertz CT molecular complexity index is 571. The summed E-state index contributed by atoms with van der Waals surface area (Å²) in [5.74, 6) is 5.52. The minimum atomic E-state index is -0.470. The summed E-state index contributed by atoms with van der Waals surface area (Å²) in [6, 6.07) is 4.98. The number of nitrogens with zero attached hydrogens (tertiary/aromatic N) is 3. The molecule has 98 valence electrons. The lowest BCUT2D eigenvalue weighted by atomic mass is 10.2. The summed E-state index contributed by atoms with van der Waals surface area (Å²) in [4.78, 5) is 23.7. The van der Waals surface area contributed by atoms with Crippen LogP contribution in [0.15, 0.2) is 30.6 Å². The van der Waals surface area contributed by atoms with E-state index in [9.17, 15) is 4.79 Å². The Labute approximate surface area is 109 Å². The molecule has 0 aliphatic heterocycles. The minimum absolute atomic E-state index is 0.196. The third-order valence-electron chi connectivity index (χ3n) is 2.31. The van der Waals surface area contributed by atoms with Gasteiger partial charge < -0.3 is 4.74 Å². The first kappa shape index (κ1) is 12.9. The number of carbonyl (C=O) groups is 1. The number of hydrogen-bond acceptors (Lipinski definition) is 6. The second-order valence-corrected chi connectivity index (χ2v) is 3.56. The molecule has 2 aromatic heterocycles. The lowest BCUT2D eigenvalue weighted by molar-refractivity contribution is 0.0948. The molecule has 0 atom stereocenters. The molecular formula is C12H13N5O2. The molecule has 7 heteroatoms.